The van der Waals surface area contributed by atoms with E-state index in [-0.39, 0.29) is 5.54 Å². The second-order valence-corrected chi connectivity index (χ2v) is 10.1. The van der Waals surface area contributed by atoms with Crippen molar-refractivity contribution in [1.82, 2.24) is 4.90 Å². The lowest BCUT2D eigenvalue weighted by Crippen LogP contribution is -2.42. The van der Waals surface area contributed by atoms with Crippen molar-refractivity contribution in [3.8, 4) is 0 Å². The van der Waals surface area contributed by atoms with Gasteiger partial charge in [0.05, 0.1) is 0 Å². The summed E-state index contributed by atoms with van der Waals surface area (Å²) in [6.45, 7) is 15.6. The van der Waals surface area contributed by atoms with Crippen LogP contribution in [0.25, 0.3) is 0 Å². The van der Waals surface area contributed by atoms with Crippen molar-refractivity contribution < 1.29 is 0 Å². The molecule has 0 spiro atoms. The number of hydrogen-bond acceptors (Lipinski definition) is 1. The average Bonchev–Trinajstić information content (AvgIpc) is 2.80. The summed E-state index contributed by atoms with van der Waals surface area (Å²) in [5, 5.41) is 0. The molecule has 3 aliphatic rings. The molecular formula is C21H35N. The Labute approximate surface area is 137 Å². The molecule has 0 heterocycles. The van der Waals surface area contributed by atoms with E-state index in [1.54, 1.807) is 11.1 Å². The zero-order valence-corrected chi connectivity index (χ0v) is 15.7. The second-order valence-electron chi connectivity index (χ2n) is 10.1. The molecule has 0 aromatic carbocycles. The van der Waals surface area contributed by atoms with Crippen LogP contribution in [0.2, 0.25) is 0 Å². The maximum Gasteiger partial charge on any atom is 0.0122 e. The lowest BCUT2D eigenvalue weighted by molar-refractivity contribution is 0.127. The first-order chi connectivity index (χ1) is 10.1. The molecule has 0 amide bonds. The largest absolute Gasteiger partial charge is 0.301 e. The molecule has 3 rings (SSSR count). The van der Waals surface area contributed by atoms with Gasteiger partial charge in [-0.15, -0.1) is 0 Å². The Balaban J connectivity index is 1.80. The SMILES string of the molecule is CC1CC2C=C3CC(C)(C)CC3=CC2C1CN(C)C(C)(C)C. The van der Waals surface area contributed by atoms with Gasteiger partial charge < -0.3 is 4.90 Å². The van der Waals surface area contributed by atoms with Crippen molar-refractivity contribution in [3.63, 3.8) is 0 Å². The van der Waals surface area contributed by atoms with Crippen molar-refractivity contribution in [3.05, 3.63) is 23.3 Å². The van der Waals surface area contributed by atoms with Crippen LogP contribution >= 0.6 is 0 Å². The quantitative estimate of drug-likeness (QED) is 0.669. The van der Waals surface area contributed by atoms with Gasteiger partial charge in [0.15, 0.2) is 0 Å². The minimum Gasteiger partial charge on any atom is -0.301 e. The Morgan fingerprint density at radius 3 is 2.32 bits per heavy atom. The molecule has 1 nitrogen and oxygen atoms in total. The topological polar surface area (TPSA) is 3.24 Å². The van der Waals surface area contributed by atoms with Gasteiger partial charge in [0.1, 0.15) is 0 Å². The standard InChI is InChI=1S/C21H35N/c1-14-8-15-9-16-11-21(5,6)12-17(16)10-18(15)19(14)13-22(7)20(2,3)4/h9-10,14-15,18-19H,8,11-13H2,1-7H3. The highest BCUT2D eigenvalue weighted by atomic mass is 15.2. The summed E-state index contributed by atoms with van der Waals surface area (Å²) in [6.07, 6.45) is 9.34. The highest BCUT2D eigenvalue weighted by molar-refractivity contribution is 5.42. The van der Waals surface area contributed by atoms with Gasteiger partial charge in [0.2, 0.25) is 0 Å². The predicted molar refractivity (Wildman–Crippen MR) is 95.8 cm³/mol. The minimum atomic E-state index is 0.274. The molecule has 124 valence electrons. The number of fused-ring (bicyclic) bond motifs is 2. The fourth-order valence-corrected chi connectivity index (χ4v) is 4.92. The van der Waals surface area contributed by atoms with Crippen LogP contribution in [0.1, 0.15) is 60.8 Å². The van der Waals surface area contributed by atoms with E-state index in [2.05, 4.69) is 65.6 Å². The molecule has 0 aromatic heterocycles. The Morgan fingerprint density at radius 2 is 1.73 bits per heavy atom. The molecular weight excluding hydrogens is 266 g/mol. The maximum atomic E-state index is 2.69. The zero-order chi connectivity index (χ0) is 16.3. The third kappa shape index (κ3) is 2.94. The molecule has 0 aromatic rings. The van der Waals surface area contributed by atoms with E-state index in [0.29, 0.717) is 5.41 Å². The van der Waals surface area contributed by atoms with Crippen molar-refractivity contribution in [1.29, 1.82) is 0 Å². The molecule has 3 aliphatic carbocycles. The molecule has 1 heteroatoms. The van der Waals surface area contributed by atoms with Crippen molar-refractivity contribution in [2.24, 2.45) is 29.1 Å². The molecule has 22 heavy (non-hydrogen) atoms. The molecule has 4 atom stereocenters. The van der Waals surface area contributed by atoms with Crippen molar-refractivity contribution in [2.75, 3.05) is 13.6 Å². The first kappa shape index (κ1) is 16.3. The van der Waals surface area contributed by atoms with Crippen LogP contribution in [0.3, 0.4) is 0 Å². The van der Waals surface area contributed by atoms with Crippen LogP contribution in [0.4, 0.5) is 0 Å². The monoisotopic (exact) mass is 301 g/mol. The zero-order valence-electron chi connectivity index (χ0n) is 15.7. The fourth-order valence-electron chi connectivity index (χ4n) is 4.92. The number of rotatable bonds is 2. The van der Waals surface area contributed by atoms with E-state index in [4.69, 9.17) is 0 Å². The third-order valence-corrected chi connectivity index (χ3v) is 6.55. The normalized spacial score (nSPS) is 36.9. The summed E-state index contributed by atoms with van der Waals surface area (Å²) in [4.78, 5) is 2.56. The van der Waals surface area contributed by atoms with Crippen LogP contribution < -0.4 is 0 Å². The van der Waals surface area contributed by atoms with Gasteiger partial charge in [-0.2, -0.15) is 0 Å². The smallest absolute Gasteiger partial charge is 0.0122 e. The Kier molecular flexibility index (Phi) is 3.87. The maximum absolute atomic E-state index is 2.69. The predicted octanol–water partition coefficient (Wildman–Crippen LogP) is 5.29. The summed E-state index contributed by atoms with van der Waals surface area (Å²) in [6, 6.07) is 0. The van der Waals surface area contributed by atoms with Crippen molar-refractivity contribution >= 4 is 0 Å². The minimum absolute atomic E-state index is 0.274. The summed E-state index contributed by atoms with van der Waals surface area (Å²) < 4.78 is 0. The summed E-state index contributed by atoms with van der Waals surface area (Å²) >= 11 is 0. The molecule has 0 radical (unpaired) electrons. The molecule has 4 unspecified atom stereocenters. The van der Waals surface area contributed by atoms with Gasteiger partial charge in [-0.1, -0.05) is 32.9 Å². The Bertz CT molecular complexity index is 502. The first-order valence-electron chi connectivity index (χ1n) is 9.20. The number of allylic oxidation sites excluding steroid dienone is 4. The number of nitrogens with zero attached hydrogens (tertiary/aromatic N) is 1. The molecule has 2 saturated carbocycles. The van der Waals surface area contributed by atoms with Gasteiger partial charge in [-0.3, -0.25) is 0 Å². The van der Waals surface area contributed by atoms with Crippen LogP contribution in [0.5, 0.6) is 0 Å². The van der Waals surface area contributed by atoms with Gasteiger partial charge >= 0.3 is 0 Å². The third-order valence-electron chi connectivity index (χ3n) is 6.55. The Hall–Kier alpha value is -0.560. The lowest BCUT2D eigenvalue weighted by Gasteiger charge is -2.37. The first-order valence-corrected chi connectivity index (χ1v) is 9.20. The van der Waals surface area contributed by atoms with Crippen LogP contribution in [-0.2, 0) is 0 Å². The fraction of sp³-hybridized carbons (Fsp3) is 0.810. The van der Waals surface area contributed by atoms with E-state index in [1.807, 2.05) is 0 Å². The van der Waals surface area contributed by atoms with Gasteiger partial charge in [-0.05, 0) is 87.3 Å². The Morgan fingerprint density at radius 1 is 1.14 bits per heavy atom. The number of hydrogen-bond donors (Lipinski definition) is 0. The van der Waals surface area contributed by atoms with E-state index in [0.717, 1.165) is 23.7 Å². The van der Waals surface area contributed by atoms with E-state index < -0.39 is 0 Å². The van der Waals surface area contributed by atoms with E-state index in [1.165, 1.54) is 25.8 Å². The lowest BCUT2D eigenvalue weighted by atomic mass is 9.80. The summed E-state index contributed by atoms with van der Waals surface area (Å²) in [7, 11) is 2.30. The van der Waals surface area contributed by atoms with E-state index >= 15 is 0 Å². The van der Waals surface area contributed by atoms with Crippen LogP contribution in [0, 0.1) is 29.1 Å². The average molecular weight is 302 g/mol. The molecule has 0 aliphatic heterocycles. The van der Waals surface area contributed by atoms with Gasteiger partial charge in [-0.25, -0.2) is 0 Å². The second kappa shape index (κ2) is 5.23. The molecule has 0 bridgehead atoms. The van der Waals surface area contributed by atoms with Gasteiger partial charge in [0, 0.05) is 12.1 Å². The highest BCUT2D eigenvalue weighted by Gasteiger charge is 2.44. The van der Waals surface area contributed by atoms with Crippen LogP contribution in [-0.4, -0.2) is 24.0 Å². The van der Waals surface area contributed by atoms with E-state index in [9.17, 15) is 0 Å². The summed E-state index contributed by atoms with van der Waals surface area (Å²) in [5.41, 5.74) is 4.13. The molecule has 2 fully saturated rings. The molecule has 0 N–H and O–H groups in total. The molecule has 0 saturated heterocycles. The van der Waals surface area contributed by atoms with Crippen LogP contribution in [0.15, 0.2) is 23.3 Å². The van der Waals surface area contributed by atoms with Gasteiger partial charge in [0.25, 0.3) is 0 Å². The van der Waals surface area contributed by atoms with Crippen molar-refractivity contribution in [2.45, 2.75) is 66.3 Å². The summed E-state index contributed by atoms with van der Waals surface area (Å²) in [5.74, 6) is 3.26. The highest BCUT2D eigenvalue weighted by Crippen LogP contribution is 2.53.